The van der Waals surface area contributed by atoms with Gasteiger partial charge in [0, 0.05) is 18.8 Å². The van der Waals surface area contributed by atoms with Gasteiger partial charge in [-0.1, -0.05) is 19.3 Å². The number of nitrogens with one attached hydrogen (secondary N) is 2. The van der Waals surface area contributed by atoms with Crippen LogP contribution in [0.4, 0.5) is 4.79 Å². The van der Waals surface area contributed by atoms with E-state index in [2.05, 4.69) is 10.6 Å². The lowest BCUT2D eigenvalue weighted by atomic mass is 9.96. The number of urea groups is 1. The molecule has 0 atom stereocenters. The van der Waals surface area contributed by atoms with E-state index < -0.39 is 9.84 Å². The van der Waals surface area contributed by atoms with Crippen LogP contribution in [0.2, 0.25) is 0 Å². The number of hydrogen-bond acceptors (Lipinski definition) is 3. The van der Waals surface area contributed by atoms with Crippen molar-refractivity contribution in [3.63, 3.8) is 0 Å². The summed E-state index contributed by atoms with van der Waals surface area (Å²) in [5.41, 5.74) is 0. The molecule has 6 heteroatoms. The van der Waals surface area contributed by atoms with Crippen molar-refractivity contribution in [2.24, 2.45) is 0 Å². The minimum Gasteiger partial charge on any atom is -0.338 e. The second-order valence-electron chi connectivity index (χ2n) is 4.72. The highest BCUT2D eigenvalue weighted by Crippen LogP contribution is 2.16. The van der Waals surface area contributed by atoms with Gasteiger partial charge in [0.05, 0.1) is 5.75 Å². The van der Waals surface area contributed by atoms with E-state index in [0.29, 0.717) is 19.0 Å². The fourth-order valence-electron chi connectivity index (χ4n) is 2.02. The topological polar surface area (TPSA) is 75.3 Å². The van der Waals surface area contributed by atoms with Crippen LogP contribution >= 0.6 is 0 Å². The Hall–Kier alpha value is -0.780. The van der Waals surface area contributed by atoms with Crippen molar-refractivity contribution in [2.45, 2.75) is 44.6 Å². The molecule has 0 aliphatic heterocycles. The first kappa shape index (κ1) is 14.3. The summed E-state index contributed by atoms with van der Waals surface area (Å²) in [5, 5.41) is 5.61. The van der Waals surface area contributed by atoms with E-state index in [0.717, 1.165) is 12.8 Å². The van der Waals surface area contributed by atoms with E-state index in [4.69, 9.17) is 0 Å². The van der Waals surface area contributed by atoms with E-state index in [-0.39, 0.29) is 11.8 Å². The standard InChI is InChI=1S/C11H22N2O3S/c1-17(15,16)9-5-8-12-11(14)13-10-6-3-2-4-7-10/h10H,2-9H2,1H3,(H2,12,13,14). The molecule has 0 unspecified atom stereocenters. The molecule has 1 rings (SSSR count). The minimum absolute atomic E-state index is 0.122. The van der Waals surface area contributed by atoms with Gasteiger partial charge in [-0.05, 0) is 19.3 Å². The van der Waals surface area contributed by atoms with Gasteiger partial charge in [0.25, 0.3) is 0 Å². The van der Waals surface area contributed by atoms with Crippen molar-refractivity contribution in [3.8, 4) is 0 Å². The van der Waals surface area contributed by atoms with Gasteiger partial charge in [-0.2, -0.15) is 0 Å². The highest BCUT2D eigenvalue weighted by atomic mass is 32.2. The Balaban J connectivity index is 2.08. The van der Waals surface area contributed by atoms with Gasteiger partial charge in [0.15, 0.2) is 0 Å². The molecular weight excluding hydrogens is 240 g/mol. The minimum atomic E-state index is -2.92. The Labute approximate surface area is 103 Å². The third-order valence-corrected chi connectivity index (χ3v) is 3.95. The van der Waals surface area contributed by atoms with E-state index in [1.54, 1.807) is 0 Å². The average molecular weight is 262 g/mol. The zero-order valence-corrected chi connectivity index (χ0v) is 11.2. The molecule has 0 heterocycles. The maximum atomic E-state index is 11.5. The molecule has 2 N–H and O–H groups in total. The van der Waals surface area contributed by atoms with Gasteiger partial charge >= 0.3 is 6.03 Å². The SMILES string of the molecule is CS(=O)(=O)CCCNC(=O)NC1CCCCC1. The summed E-state index contributed by atoms with van der Waals surface area (Å²) in [4.78, 5) is 11.5. The van der Waals surface area contributed by atoms with Crippen LogP contribution in [0.5, 0.6) is 0 Å². The summed E-state index contributed by atoms with van der Waals surface area (Å²) in [6.07, 6.45) is 7.39. The van der Waals surface area contributed by atoms with Gasteiger partial charge in [-0.3, -0.25) is 0 Å². The molecule has 100 valence electrons. The Morgan fingerprint density at radius 2 is 1.88 bits per heavy atom. The van der Waals surface area contributed by atoms with Crippen molar-refractivity contribution in [3.05, 3.63) is 0 Å². The van der Waals surface area contributed by atoms with Crippen molar-refractivity contribution in [1.29, 1.82) is 0 Å². The van der Waals surface area contributed by atoms with Crippen molar-refractivity contribution >= 4 is 15.9 Å². The molecule has 1 aliphatic rings. The summed E-state index contributed by atoms with van der Waals surface area (Å²) in [7, 11) is -2.92. The van der Waals surface area contributed by atoms with Crippen LogP contribution in [0.25, 0.3) is 0 Å². The van der Waals surface area contributed by atoms with Gasteiger partial charge in [-0.15, -0.1) is 0 Å². The smallest absolute Gasteiger partial charge is 0.315 e. The first-order valence-electron chi connectivity index (χ1n) is 6.19. The largest absolute Gasteiger partial charge is 0.338 e. The first-order chi connectivity index (χ1) is 7.97. The third kappa shape index (κ3) is 7.20. The number of carbonyl (C=O) groups is 1. The normalized spacial score (nSPS) is 17.7. The van der Waals surface area contributed by atoms with Crippen LogP contribution in [0.3, 0.4) is 0 Å². The summed E-state index contributed by atoms with van der Waals surface area (Å²) in [6.45, 7) is 0.408. The molecule has 0 radical (unpaired) electrons. The van der Waals surface area contributed by atoms with E-state index >= 15 is 0 Å². The second kappa shape index (κ2) is 6.83. The predicted octanol–water partition coefficient (Wildman–Crippen LogP) is 1.05. The Morgan fingerprint density at radius 3 is 2.47 bits per heavy atom. The lowest BCUT2D eigenvalue weighted by Crippen LogP contribution is -2.43. The molecule has 0 aromatic carbocycles. The lowest BCUT2D eigenvalue weighted by Gasteiger charge is -2.22. The summed E-state index contributed by atoms with van der Waals surface area (Å²) >= 11 is 0. The molecule has 0 bridgehead atoms. The summed E-state index contributed by atoms with van der Waals surface area (Å²) in [6, 6.07) is 0.115. The van der Waals surface area contributed by atoms with Crippen molar-refractivity contribution < 1.29 is 13.2 Å². The number of sulfone groups is 1. The van der Waals surface area contributed by atoms with Crippen LogP contribution in [0.15, 0.2) is 0 Å². The molecular formula is C11H22N2O3S. The maximum absolute atomic E-state index is 11.5. The second-order valence-corrected chi connectivity index (χ2v) is 6.98. The quantitative estimate of drug-likeness (QED) is 0.727. The molecule has 2 amide bonds. The molecule has 1 saturated carbocycles. The monoisotopic (exact) mass is 262 g/mol. The highest BCUT2D eigenvalue weighted by Gasteiger charge is 2.15. The highest BCUT2D eigenvalue weighted by molar-refractivity contribution is 7.90. The first-order valence-corrected chi connectivity index (χ1v) is 8.25. The predicted molar refractivity (Wildman–Crippen MR) is 67.7 cm³/mol. The molecule has 0 saturated heterocycles. The number of rotatable bonds is 5. The van der Waals surface area contributed by atoms with Crippen LogP contribution < -0.4 is 10.6 Å². The lowest BCUT2D eigenvalue weighted by molar-refractivity contribution is 0.232. The molecule has 0 spiro atoms. The zero-order chi connectivity index (χ0) is 12.7. The maximum Gasteiger partial charge on any atom is 0.315 e. The molecule has 5 nitrogen and oxygen atoms in total. The third-order valence-electron chi connectivity index (χ3n) is 2.92. The molecule has 17 heavy (non-hydrogen) atoms. The van der Waals surface area contributed by atoms with Crippen LogP contribution in [-0.4, -0.2) is 39.0 Å². The number of hydrogen-bond donors (Lipinski definition) is 2. The van der Waals surface area contributed by atoms with E-state index in [1.165, 1.54) is 25.5 Å². The van der Waals surface area contributed by atoms with E-state index in [1.807, 2.05) is 0 Å². The molecule has 1 aliphatic carbocycles. The molecule has 0 aromatic heterocycles. The summed E-state index contributed by atoms with van der Waals surface area (Å²) < 4.78 is 21.7. The van der Waals surface area contributed by atoms with Crippen molar-refractivity contribution in [2.75, 3.05) is 18.6 Å². The molecule has 1 fully saturated rings. The fraction of sp³-hybridized carbons (Fsp3) is 0.909. The average Bonchev–Trinajstić information content (AvgIpc) is 2.25. The van der Waals surface area contributed by atoms with Gasteiger partial charge < -0.3 is 10.6 Å². The van der Waals surface area contributed by atoms with Gasteiger partial charge in [-0.25, -0.2) is 13.2 Å². The number of carbonyl (C=O) groups excluding carboxylic acids is 1. The zero-order valence-electron chi connectivity index (χ0n) is 10.4. The Morgan fingerprint density at radius 1 is 1.24 bits per heavy atom. The van der Waals surface area contributed by atoms with Crippen LogP contribution in [0, 0.1) is 0 Å². The Bertz CT molecular complexity index is 335. The van der Waals surface area contributed by atoms with Crippen molar-refractivity contribution in [1.82, 2.24) is 10.6 Å². The van der Waals surface area contributed by atoms with Gasteiger partial charge in [0.1, 0.15) is 9.84 Å². The molecule has 0 aromatic rings. The number of amides is 2. The van der Waals surface area contributed by atoms with E-state index in [9.17, 15) is 13.2 Å². The fourth-order valence-corrected chi connectivity index (χ4v) is 2.69. The summed E-state index contributed by atoms with van der Waals surface area (Å²) in [5.74, 6) is 0.122. The van der Waals surface area contributed by atoms with Gasteiger partial charge in [0.2, 0.25) is 0 Å². The van der Waals surface area contributed by atoms with Crippen LogP contribution in [0.1, 0.15) is 38.5 Å². The Kier molecular flexibility index (Phi) is 5.74. The van der Waals surface area contributed by atoms with Crippen LogP contribution in [-0.2, 0) is 9.84 Å².